The van der Waals surface area contributed by atoms with Crippen LogP contribution < -0.4 is 0 Å². The Balaban J connectivity index is 1.49. The molecule has 0 radical (unpaired) electrons. The molecule has 0 saturated carbocycles. The Labute approximate surface area is 201 Å². The Morgan fingerprint density at radius 2 is 1.74 bits per heavy atom. The second kappa shape index (κ2) is 9.48. The number of hydrogen-bond acceptors (Lipinski definition) is 5. The number of amides is 1. The van der Waals surface area contributed by atoms with Gasteiger partial charge in [-0.15, -0.1) is 0 Å². The summed E-state index contributed by atoms with van der Waals surface area (Å²) in [5, 5.41) is 0. The van der Waals surface area contributed by atoms with Gasteiger partial charge in [-0.3, -0.25) is 9.69 Å². The van der Waals surface area contributed by atoms with E-state index in [2.05, 4.69) is 16.4 Å². The largest absolute Gasteiger partial charge is 0.345 e. The van der Waals surface area contributed by atoms with Gasteiger partial charge in [0.2, 0.25) is 10.0 Å². The quantitative estimate of drug-likeness (QED) is 0.539. The molecular formula is C25H33N5O3S. The van der Waals surface area contributed by atoms with E-state index in [1.54, 1.807) is 29.4 Å². The second-order valence-electron chi connectivity index (χ2n) is 9.12. The molecule has 182 valence electrons. The fourth-order valence-corrected chi connectivity index (χ4v) is 6.23. The molecule has 1 amide bonds. The van der Waals surface area contributed by atoms with E-state index in [-0.39, 0.29) is 5.91 Å². The van der Waals surface area contributed by atoms with Crippen molar-refractivity contribution in [1.29, 1.82) is 0 Å². The maximum absolute atomic E-state index is 13.2. The highest BCUT2D eigenvalue weighted by atomic mass is 32.2. The molecule has 34 heavy (non-hydrogen) atoms. The lowest BCUT2D eigenvalue weighted by atomic mass is 10.2. The van der Waals surface area contributed by atoms with E-state index in [1.807, 2.05) is 44.2 Å². The van der Waals surface area contributed by atoms with Gasteiger partial charge in [0.25, 0.3) is 5.91 Å². The molecule has 0 bridgehead atoms. The van der Waals surface area contributed by atoms with Gasteiger partial charge in [0, 0.05) is 52.4 Å². The molecule has 4 rings (SSSR count). The molecule has 2 heterocycles. The molecule has 3 aromatic rings. The highest BCUT2D eigenvalue weighted by molar-refractivity contribution is 7.89. The van der Waals surface area contributed by atoms with Crippen LogP contribution in [0.2, 0.25) is 0 Å². The van der Waals surface area contributed by atoms with Gasteiger partial charge >= 0.3 is 0 Å². The Kier molecular flexibility index (Phi) is 6.80. The van der Waals surface area contributed by atoms with Crippen LogP contribution in [0.25, 0.3) is 11.0 Å². The van der Waals surface area contributed by atoms with E-state index in [4.69, 9.17) is 4.98 Å². The number of sulfonamides is 1. The first-order chi connectivity index (χ1) is 16.1. The molecule has 1 aliphatic rings. The predicted molar refractivity (Wildman–Crippen MR) is 133 cm³/mol. The van der Waals surface area contributed by atoms with Crippen molar-refractivity contribution in [2.45, 2.75) is 38.8 Å². The summed E-state index contributed by atoms with van der Waals surface area (Å²) in [4.78, 5) is 21.4. The third-order valence-corrected chi connectivity index (χ3v) is 8.50. The third-order valence-electron chi connectivity index (χ3n) is 6.44. The number of carbonyl (C=O) groups is 1. The van der Waals surface area contributed by atoms with Crippen molar-refractivity contribution in [3.05, 3.63) is 58.9 Å². The van der Waals surface area contributed by atoms with Crippen molar-refractivity contribution >= 4 is 27.0 Å². The monoisotopic (exact) mass is 483 g/mol. The van der Waals surface area contributed by atoms with Crippen LogP contribution in [0.4, 0.5) is 0 Å². The summed E-state index contributed by atoms with van der Waals surface area (Å²) >= 11 is 0. The standard InChI is InChI=1S/C25H33N5O3S/c1-6-30-22-9-8-20(25(31)27(4)5)16-21(22)26-24(30)17-28-11-13-29(14-12-28)34(32,33)23-10-7-18(2)15-19(23)3/h7-10,15-16H,6,11-14,17H2,1-5H3. The molecule has 1 saturated heterocycles. The predicted octanol–water partition coefficient (Wildman–Crippen LogP) is 2.88. The van der Waals surface area contributed by atoms with Crippen LogP contribution >= 0.6 is 0 Å². The second-order valence-corrected chi connectivity index (χ2v) is 11.0. The molecule has 0 spiro atoms. The van der Waals surface area contributed by atoms with Gasteiger partial charge in [0.15, 0.2) is 0 Å². The highest BCUT2D eigenvalue weighted by Crippen LogP contribution is 2.24. The minimum Gasteiger partial charge on any atom is -0.345 e. The van der Waals surface area contributed by atoms with Crippen molar-refractivity contribution in [3.8, 4) is 0 Å². The number of aromatic nitrogens is 2. The van der Waals surface area contributed by atoms with Gasteiger partial charge in [0.1, 0.15) is 5.82 Å². The Morgan fingerprint density at radius 1 is 1.03 bits per heavy atom. The van der Waals surface area contributed by atoms with Crippen LogP contribution in [0, 0.1) is 13.8 Å². The summed E-state index contributed by atoms with van der Waals surface area (Å²) in [6.07, 6.45) is 0. The van der Waals surface area contributed by atoms with E-state index < -0.39 is 10.0 Å². The first-order valence-corrected chi connectivity index (χ1v) is 13.1. The average Bonchev–Trinajstić information content (AvgIpc) is 3.14. The number of imidazole rings is 1. The van der Waals surface area contributed by atoms with Crippen molar-refractivity contribution in [2.75, 3.05) is 40.3 Å². The van der Waals surface area contributed by atoms with Crippen LogP contribution in [0.3, 0.4) is 0 Å². The van der Waals surface area contributed by atoms with Crippen molar-refractivity contribution in [1.82, 2.24) is 23.7 Å². The lowest BCUT2D eigenvalue weighted by Gasteiger charge is -2.34. The third kappa shape index (κ3) is 4.60. The summed E-state index contributed by atoms with van der Waals surface area (Å²) in [6.45, 7) is 9.48. The summed E-state index contributed by atoms with van der Waals surface area (Å²) in [5.41, 5.74) is 4.27. The summed E-state index contributed by atoms with van der Waals surface area (Å²) < 4.78 is 30.1. The zero-order valence-electron chi connectivity index (χ0n) is 20.6. The fraction of sp³-hybridized carbons (Fsp3) is 0.440. The number of aryl methyl sites for hydroxylation is 3. The van der Waals surface area contributed by atoms with Gasteiger partial charge < -0.3 is 9.47 Å². The molecule has 2 aromatic carbocycles. The molecule has 1 fully saturated rings. The van der Waals surface area contributed by atoms with E-state index >= 15 is 0 Å². The van der Waals surface area contributed by atoms with Crippen molar-refractivity contribution in [3.63, 3.8) is 0 Å². The Hall–Kier alpha value is -2.75. The van der Waals surface area contributed by atoms with Gasteiger partial charge in [-0.1, -0.05) is 17.7 Å². The zero-order valence-corrected chi connectivity index (χ0v) is 21.4. The van der Waals surface area contributed by atoms with E-state index in [0.717, 1.165) is 34.5 Å². The average molecular weight is 484 g/mol. The van der Waals surface area contributed by atoms with Crippen molar-refractivity contribution in [2.24, 2.45) is 0 Å². The molecule has 1 aromatic heterocycles. The van der Waals surface area contributed by atoms with Crippen LogP contribution in [0.1, 0.15) is 34.2 Å². The SMILES string of the molecule is CCn1c(CN2CCN(S(=O)(=O)c3ccc(C)cc3C)CC2)nc2cc(C(=O)N(C)C)ccc21. The maximum atomic E-state index is 13.2. The lowest BCUT2D eigenvalue weighted by Crippen LogP contribution is -2.48. The lowest BCUT2D eigenvalue weighted by molar-refractivity contribution is 0.0827. The molecule has 0 aliphatic carbocycles. The molecule has 1 aliphatic heterocycles. The fourth-order valence-electron chi connectivity index (χ4n) is 4.60. The molecule has 8 nitrogen and oxygen atoms in total. The molecule has 0 unspecified atom stereocenters. The van der Waals surface area contributed by atoms with Crippen molar-refractivity contribution < 1.29 is 13.2 Å². The van der Waals surface area contributed by atoms with Gasteiger partial charge in [-0.25, -0.2) is 13.4 Å². The Bertz CT molecular complexity index is 1320. The van der Waals surface area contributed by atoms with Gasteiger partial charge in [0.05, 0.1) is 22.5 Å². The molecule has 0 atom stereocenters. The zero-order chi connectivity index (χ0) is 24.6. The number of carbonyl (C=O) groups excluding carboxylic acids is 1. The topological polar surface area (TPSA) is 78.7 Å². The number of rotatable bonds is 6. The van der Waals surface area contributed by atoms with Crippen LogP contribution in [-0.2, 0) is 23.1 Å². The maximum Gasteiger partial charge on any atom is 0.253 e. The summed E-state index contributed by atoms with van der Waals surface area (Å²) in [7, 11) is -0.0318. The van der Waals surface area contributed by atoms with E-state index in [9.17, 15) is 13.2 Å². The minimum atomic E-state index is -3.51. The summed E-state index contributed by atoms with van der Waals surface area (Å²) in [6, 6.07) is 11.1. The van der Waals surface area contributed by atoms with Crippen LogP contribution in [-0.4, -0.2) is 78.3 Å². The van der Waals surface area contributed by atoms with E-state index in [1.165, 1.54) is 0 Å². The number of benzene rings is 2. The summed E-state index contributed by atoms with van der Waals surface area (Å²) in [5.74, 6) is 0.883. The normalized spacial score (nSPS) is 15.7. The first-order valence-electron chi connectivity index (χ1n) is 11.6. The first kappa shape index (κ1) is 24.4. The highest BCUT2D eigenvalue weighted by Gasteiger charge is 2.30. The van der Waals surface area contributed by atoms with Gasteiger partial charge in [-0.05, 0) is 50.6 Å². The smallest absolute Gasteiger partial charge is 0.253 e. The van der Waals surface area contributed by atoms with E-state index in [0.29, 0.717) is 43.2 Å². The van der Waals surface area contributed by atoms with Gasteiger partial charge in [-0.2, -0.15) is 4.31 Å². The van der Waals surface area contributed by atoms with Crippen LogP contribution in [0.15, 0.2) is 41.3 Å². The van der Waals surface area contributed by atoms with Crippen LogP contribution in [0.5, 0.6) is 0 Å². The minimum absolute atomic E-state index is 0.0457. The number of piperazine rings is 1. The molecular weight excluding hydrogens is 450 g/mol. The Morgan fingerprint density at radius 3 is 2.35 bits per heavy atom. The number of nitrogens with zero attached hydrogens (tertiary/aromatic N) is 5. The molecule has 0 N–H and O–H groups in total. The number of fused-ring (bicyclic) bond motifs is 1. The molecule has 9 heteroatoms. The number of hydrogen-bond donors (Lipinski definition) is 0.